The third kappa shape index (κ3) is 5.04. The van der Waals surface area contributed by atoms with Crippen LogP contribution in [0.15, 0.2) is 29.4 Å². The van der Waals surface area contributed by atoms with Crippen molar-refractivity contribution in [1.82, 2.24) is 5.43 Å². The van der Waals surface area contributed by atoms with Crippen LogP contribution in [0.25, 0.3) is 0 Å². The molecule has 2 amide bonds. The summed E-state index contributed by atoms with van der Waals surface area (Å²) in [6, 6.07) is 6.17. The summed E-state index contributed by atoms with van der Waals surface area (Å²) >= 11 is 1.31. The number of carbonyl (C=O) groups is 3. The van der Waals surface area contributed by atoms with Crippen LogP contribution in [-0.4, -0.2) is 35.7 Å². The van der Waals surface area contributed by atoms with Crippen molar-refractivity contribution in [2.24, 2.45) is 11.0 Å². The number of carbonyl (C=O) groups excluding carboxylic acids is 3. The molecule has 3 rings (SSSR count). The largest absolute Gasteiger partial charge is 0.508 e. The molecule has 0 spiro atoms. The van der Waals surface area contributed by atoms with Gasteiger partial charge in [0.1, 0.15) is 10.8 Å². The number of esters is 1. The van der Waals surface area contributed by atoms with E-state index < -0.39 is 17.8 Å². The molecule has 3 N–H and O–H groups in total. The molecule has 1 aromatic carbocycles. The average Bonchev–Trinajstić information content (AvgIpc) is 3.06. The number of fused-ring (bicyclic) bond motifs is 1. The second kappa shape index (κ2) is 9.53. The summed E-state index contributed by atoms with van der Waals surface area (Å²) < 4.78 is 5.16. The van der Waals surface area contributed by atoms with E-state index in [0.29, 0.717) is 22.0 Å². The molecule has 1 aliphatic rings. The monoisotopic (exact) mass is 429 g/mol. The van der Waals surface area contributed by atoms with Gasteiger partial charge in [0, 0.05) is 4.88 Å². The van der Waals surface area contributed by atoms with Gasteiger partial charge in [-0.1, -0.05) is 6.92 Å². The predicted molar refractivity (Wildman–Crippen MR) is 114 cm³/mol. The molecule has 0 saturated heterocycles. The number of anilines is 1. The maximum atomic E-state index is 12.5. The summed E-state index contributed by atoms with van der Waals surface area (Å²) in [5.41, 5.74) is 4.04. The lowest BCUT2D eigenvalue weighted by Crippen LogP contribution is -2.32. The van der Waals surface area contributed by atoms with E-state index in [0.717, 1.165) is 29.7 Å². The van der Waals surface area contributed by atoms with Gasteiger partial charge in [-0.15, -0.1) is 11.3 Å². The van der Waals surface area contributed by atoms with E-state index in [1.807, 2.05) is 0 Å². The number of aromatic hydroxyl groups is 1. The molecule has 9 heteroatoms. The first-order valence-electron chi connectivity index (χ1n) is 9.64. The molecule has 0 saturated carbocycles. The predicted octanol–water partition coefficient (Wildman–Crippen LogP) is 2.84. The lowest BCUT2D eigenvalue weighted by molar-refractivity contribution is -0.136. The number of phenolic OH excluding ortho intramolecular Hbond substituents is 1. The molecule has 1 aromatic heterocycles. The van der Waals surface area contributed by atoms with Gasteiger partial charge in [0.15, 0.2) is 0 Å². The zero-order chi connectivity index (χ0) is 21.7. The summed E-state index contributed by atoms with van der Waals surface area (Å²) in [6.45, 7) is 4.08. The van der Waals surface area contributed by atoms with E-state index >= 15 is 0 Å². The van der Waals surface area contributed by atoms with Crippen LogP contribution in [0.5, 0.6) is 5.75 Å². The van der Waals surface area contributed by atoms with Crippen LogP contribution in [0.2, 0.25) is 0 Å². The zero-order valence-electron chi connectivity index (χ0n) is 16.7. The highest BCUT2D eigenvalue weighted by atomic mass is 32.1. The van der Waals surface area contributed by atoms with Crippen LogP contribution in [0.1, 0.15) is 46.6 Å². The third-order valence-electron chi connectivity index (χ3n) is 4.70. The Morgan fingerprint density at radius 3 is 2.70 bits per heavy atom. The SMILES string of the molecule is CCOC(=O)c1c(NC(=O)C(=O)N/N=C/c2ccc(O)cc2)sc2c1CCC(C)C2. The number of rotatable bonds is 5. The number of thiophene rings is 1. The Hall–Kier alpha value is -3.20. The van der Waals surface area contributed by atoms with Gasteiger partial charge in [-0.25, -0.2) is 10.2 Å². The first-order chi connectivity index (χ1) is 14.4. The van der Waals surface area contributed by atoms with Gasteiger partial charge in [-0.2, -0.15) is 5.10 Å². The first kappa shape index (κ1) is 21.5. The van der Waals surface area contributed by atoms with Crippen molar-refractivity contribution in [3.05, 3.63) is 45.8 Å². The van der Waals surface area contributed by atoms with Crippen LogP contribution >= 0.6 is 11.3 Å². The Labute approximate surface area is 177 Å². The normalized spacial score (nSPS) is 15.5. The van der Waals surface area contributed by atoms with Crippen LogP contribution in [0.4, 0.5) is 5.00 Å². The second-order valence-electron chi connectivity index (χ2n) is 7.02. The summed E-state index contributed by atoms with van der Waals surface area (Å²) in [5.74, 6) is -1.77. The lowest BCUT2D eigenvalue weighted by Gasteiger charge is -2.18. The van der Waals surface area contributed by atoms with Crippen molar-refractivity contribution >= 4 is 40.3 Å². The quantitative estimate of drug-likeness (QED) is 0.292. The fourth-order valence-electron chi connectivity index (χ4n) is 3.19. The average molecular weight is 429 g/mol. The van der Waals surface area contributed by atoms with Gasteiger partial charge in [0.25, 0.3) is 0 Å². The molecule has 1 aliphatic carbocycles. The first-order valence-corrected chi connectivity index (χ1v) is 10.5. The van der Waals surface area contributed by atoms with Crippen LogP contribution in [0.3, 0.4) is 0 Å². The Kier molecular flexibility index (Phi) is 6.83. The molecule has 30 heavy (non-hydrogen) atoms. The zero-order valence-corrected chi connectivity index (χ0v) is 17.5. The molecule has 2 aromatic rings. The minimum Gasteiger partial charge on any atom is -0.508 e. The van der Waals surface area contributed by atoms with Crippen LogP contribution in [-0.2, 0) is 27.2 Å². The molecule has 1 heterocycles. The highest BCUT2D eigenvalue weighted by molar-refractivity contribution is 7.17. The Morgan fingerprint density at radius 2 is 2.00 bits per heavy atom. The van der Waals surface area contributed by atoms with E-state index in [1.165, 1.54) is 29.7 Å². The van der Waals surface area contributed by atoms with E-state index in [9.17, 15) is 19.5 Å². The Balaban J connectivity index is 1.71. The molecule has 0 bridgehead atoms. The number of ether oxygens (including phenoxy) is 1. The number of amides is 2. The fraction of sp³-hybridized carbons (Fsp3) is 0.333. The van der Waals surface area contributed by atoms with Crippen molar-refractivity contribution in [3.8, 4) is 5.75 Å². The third-order valence-corrected chi connectivity index (χ3v) is 5.87. The number of phenols is 1. The van der Waals surface area contributed by atoms with Crippen molar-refractivity contribution in [2.75, 3.05) is 11.9 Å². The highest BCUT2D eigenvalue weighted by Crippen LogP contribution is 2.40. The van der Waals surface area contributed by atoms with Gasteiger partial charge in [0.2, 0.25) is 0 Å². The minimum absolute atomic E-state index is 0.112. The molecule has 8 nitrogen and oxygen atoms in total. The van der Waals surface area contributed by atoms with E-state index in [4.69, 9.17) is 4.74 Å². The summed E-state index contributed by atoms with van der Waals surface area (Å²) in [4.78, 5) is 38.0. The Bertz CT molecular complexity index is 981. The van der Waals surface area contributed by atoms with Crippen molar-refractivity contribution in [3.63, 3.8) is 0 Å². The van der Waals surface area contributed by atoms with Crippen LogP contribution in [0, 0.1) is 5.92 Å². The topological polar surface area (TPSA) is 117 Å². The summed E-state index contributed by atoms with van der Waals surface area (Å²) in [6.07, 6.45) is 3.86. The molecule has 0 fully saturated rings. The highest BCUT2D eigenvalue weighted by Gasteiger charge is 2.30. The number of benzene rings is 1. The van der Waals surface area contributed by atoms with Gasteiger partial charge < -0.3 is 15.2 Å². The molecule has 1 unspecified atom stereocenters. The van der Waals surface area contributed by atoms with Gasteiger partial charge in [0.05, 0.1) is 18.4 Å². The van der Waals surface area contributed by atoms with Gasteiger partial charge >= 0.3 is 17.8 Å². The van der Waals surface area contributed by atoms with Gasteiger partial charge in [-0.05, 0) is 67.5 Å². The molecule has 158 valence electrons. The van der Waals surface area contributed by atoms with E-state index in [2.05, 4.69) is 22.8 Å². The van der Waals surface area contributed by atoms with Crippen molar-refractivity contribution < 1.29 is 24.2 Å². The number of nitrogens with zero attached hydrogens (tertiary/aromatic N) is 1. The number of hydrogen-bond acceptors (Lipinski definition) is 7. The lowest BCUT2D eigenvalue weighted by atomic mass is 9.88. The number of hydrazone groups is 1. The smallest absolute Gasteiger partial charge is 0.341 e. The van der Waals surface area contributed by atoms with E-state index in [-0.39, 0.29) is 12.4 Å². The molecule has 0 aliphatic heterocycles. The second-order valence-corrected chi connectivity index (χ2v) is 8.13. The molecular weight excluding hydrogens is 406 g/mol. The minimum atomic E-state index is -0.959. The number of nitrogens with one attached hydrogen (secondary N) is 2. The molecular formula is C21H23N3O5S. The van der Waals surface area contributed by atoms with Crippen molar-refractivity contribution in [2.45, 2.75) is 33.1 Å². The molecule has 0 radical (unpaired) electrons. The van der Waals surface area contributed by atoms with Crippen LogP contribution < -0.4 is 10.7 Å². The summed E-state index contributed by atoms with van der Waals surface area (Å²) in [5, 5.41) is 15.9. The number of hydrogen-bond donors (Lipinski definition) is 3. The van der Waals surface area contributed by atoms with E-state index in [1.54, 1.807) is 19.1 Å². The standard InChI is InChI=1S/C21H23N3O5S/c1-3-29-21(28)17-15-9-4-12(2)10-16(15)30-20(17)23-18(26)19(27)24-22-11-13-5-7-14(25)8-6-13/h5-8,11-12,25H,3-4,9-10H2,1-2H3,(H,23,26)(H,24,27)/b22-11+. The Morgan fingerprint density at radius 1 is 1.27 bits per heavy atom. The van der Waals surface area contributed by atoms with Gasteiger partial charge in [-0.3, -0.25) is 9.59 Å². The van der Waals surface area contributed by atoms with Crippen molar-refractivity contribution in [1.29, 1.82) is 0 Å². The fourth-order valence-corrected chi connectivity index (χ4v) is 4.59. The maximum Gasteiger partial charge on any atom is 0.341 e. The maximum absolute atomic E-state index is 12.5. The summed E-state index contributed by atoms with van der Waals surface area (Å²) in [7, 11) is 0. The molecule has 1 atom stereocenters.